The smallest absolute Gasteiger partial charge is 0.244 e. The molecule has 0 spiro atoms. The maximum Gasteiger partial charge on any atom is 0.244 e. The first-order valence-corrected chi connectivity index (χ1v) is 10.9. The van der Waals surface area contributed by atoms with E-state index in [-0.39, 0.29) is 11.7 Å². The summed E-state index contributed by atoms with van der Waals surface area (Å²) >= 11 is 8.81. The van der Waals surface area contributed by atoms with Crippen LogP contribution < -0.4 is 5.32 Å². The fourth-order valence-electron chi connectivity index (χ4n) is 2.45. The lowest BCUT2D eigenvalue weighted by Crippen LogP contribution is -2.24. The molecule has 0 aliphatic heterocycles. The largest absolute Gasteiger partial charge is 0.352 e. The molecule has 0 radical (unpaired) electrons. The van der Waals surface area contributed by atoms with Gasteiger partial charge in [-0.1, -0.05) is 36.0 Å². The Morgan fingerprint density at radius 2 is 2.10 bits per heavy atom. The number of hydrogen-bond acceptors (Lipinski definition) is 5. The van der Waals surface area contributed by atoms with Gasteiger partial charge in [0, 0.05) is 40.4 Å². The van der Waals surface area contributed by atoms with Gasteiger partial charge in [0.2, 0.25) is 5.91 Å². The Hall–Kier alpha value is -2.42. The fraction of sp³-hybridized carbons (Fsp3) is 0.150. The van der Waals surface area contributed by atoms with Crippen molar-refractivity contribution in [1.29, 1.82) is 0 Å². The van der Waals surface area contributed by atoms with Gasteiger partial charge in [0.1, 0.15) is 11.6 Å². The average molecular weight is 449 g/mol. The summed E-state index contributed by atoms with van der Waals surface area (Å²) < 4.78 is 15.2. The highest BCUT2D eigenvalue weighted by molar-refractivity contribution is 7.99. The number of rotatable bonds is 9. The molecule has 2 heterocycles. The molecule has 0 aliphatic rings. The van der Waals surface area contributed by atoms with E-state index in [1.807, 2.05) is 22.1 Å². The van der Waals surface area contributed by atoms with Crippen molar-refractivity contribution in [1.82, 2.24) is 20.1 Å². The van der Waals surface area contributed by atoms with Crippen LogP contribution in [0.2, 0.25) is 0 Å². The Labute approximate surface area is 181 Å². The van der Waals surface area contributed by atoms with E-state index in [1.165, 1.54) is 30.0 Å². The van der Waals surface area contributed by atoms with E-state index in [1.54, 1.807) is 29.5 Å². The Balaban J connectivity index is 1.68. The second-order valence-corrected chi connectivity index (χ2v) is 8.36. The molecule has 5 nitrogen and oxygen atoms in total. The van der Waals surface area contributed by atoms with Gasteiger partial charge in [0.25, 0.3) is 0 Å². The maximum absolute atomic E-state index is 13.3. The lowest BCUT2D eigenvalue weighted by molar-refractivity contribution is -0.116. The van der Waals surface area contributed by atoms with E-state index in [4.69, 9.17) is 11.6 Å². The second-order valence-electron chi connectivity index (χ2n) is 5.91. The first kappa shape index (κ1) is 21.3. The fourth-order valence-corrected chi connectivity index (χ4v) is 3.95. The molecule has 3 rings (SSSR count). The number of carbonyl (C=O) groups excluding carboxylic acids is 1. The van der Waals surface area contributed by atoms with E-state index < -0.39 is 0 Å². The zero-order chi connectivity index (χ0) is 20.6. The van der Waals surface area contributed by atoms with Crippen molar-refractivity contribution >= 4 is 46.7 Å². The highest BCUT2D eigenvalue weighted by Crippen LogP contribution is 2.24. The van der Waals surface area contributed by atoms with E-state index in [0.717, 1.165) is 10.6 Å². The molecule has 29 heavy (non-hydrogen) atoms. The van der Waals surface area contributed by atoms with Crippen molar-refractivity contribution < 1.29 is 9.18 Å². The van der Waals surface area contributed by atoms with Gasteiger partial charge in [0.15, 0.2) is 5.16 Å². The van der Waals surface area contributed by atoms with Crippen LogP contribution in [0.1, 0.15) is 10.7 Å². The van der Waals surface area contributed by atoms with Crippen LogP contribution >= 0.6 is 34.7 Å². The number of aromatic nitrogens is 3. The maximum atomic E-state index is 13.3. The lowest BCUT2D eigenvalue weighted by Gasteiger charge is -2.10. The average Bonchev–Trinajstić information content (AvgIpc) is 3.35. The zero-order valence-corrected chi connectivity index (χ0v) is 17.7. The third kappa shape index (κ3) is 6.28. The number of thiophene rings is 1. The Bertz CT molecular complexity index is 1000. The van der Waals surface area contributed by atoms with Gasteiger partial charge in [-0.05, 0) is 41.8 Å². The number of carbonyl (C=O) groups is 1. The molecule has 0 bridgehead atoms. The molecule has 2 aromatic heterocycles. The number of hydrogen-bond donors (Lipinski definition) is 1. The molecule has 0 saturated heterocycles. The van der Waals surface area contributed by atoms with Crippen molar-refractivity contribution in [2.75, 3.05) is 12.3 Å². The third-order valence-corrected chi connectivity index (χ3v) is 5.88. The van der Waals surface area contributed by atoms with Crippen molar-refractivity contribution in [3.05, 3.63) is 76.0 Å². The molecule has 3 aromatic rings. The summed E-state index contributed by atoms with van der Waals surface area (Å²) in [6.07, 6.45) is 3.74. The number of amides is 1. The van der Waals surface area contributed by atoms with Gasteiger partial charge >= 0.3 is 0 Å². The van der Waals surface area contributed by atoms with Crippen LogP contribution in [0.3, 0.4) is 0 Å². The summed E-state index contributed by atoms with van der Waals surface area (Å²) in [7, 11) is 0. The van der Waals surface area contributed by atoms with Crippen LogP contribution in [0.15, 0.2) is 64.6 Å². The minimum absolute atomic E-state index is 0.181. The summed E-state index contributed by atoms with van der Waals surface area (Å²) in [5.41, 5.74) is 0.734. The molecule has 1 N–H and O–H groups in total. The monoisotopic (exact) mass is 448 g/mol. The van der Waals surface area contributed by atoms with Gasteiger partial charge in [-0.2, -0.15) is 0 Å². The molecule has 0 aliphatic carbocycles. The number of thioether (sulfide) groups is 1. The standard InChI is InChI=1S/C20H18ClFN4OS2/c1-14(21)13-29-20-25-24-18(26(20)16-6-4-15(22)5-7-16)10-11-23-19(27)9-8-17-3-2-12-28-17/h2-9,12H,1,10-11,13H2,(H,23,27)/b9-8+. The molecule has 0 fully saturated rings. The number of benzene rings is 1. The minimum Gasteiger partial charge on any atom is -0.352 e. The van der Waals surface area contributed by atoms with Crippen LogP contribution in [0.5, 0.6) is 0 Å². The SMILES string of the molecule is C=C(Cl)CSc1nnc(CCNC(=O)/C=C/c2cccs2)n1-c1ccc(F)cc1. The van der Waals surface area contributed by atoms with Crippen molar-refractivity contribution in [3.63, 3.8) is 0 Å². The molecule has 150 valence electrons. The molecule has 0 unspecified atom stereocenters. The van der Waals surface area contributed by atoms with Crippen LogP contribution in [0.4, 0.5) is 4.39 Å². The number of nitrogens with zero attached hydrogens (tertiary/aromatic N) is 3. The molecule has 9 heteroatoms. The van der Waals surface area contributed by atoms with E-state index >= 15 is 0 Å². The zero-order valence-electron chi connectivity index (χ0n) is 15.3. The molecule has 0 atom stereocenters. The van der Waals surface area contributed by atoms with Gasteiger partial charge in [-0.25, -0.2) is 4.39 Å². The second kappa shape index (κ2) is 10.4. The molecule has 0 saturated carbocycles. The number of halogens is 2. The molecule has 1 amide bonds. The third-order valence-electron chi connectivity index (χ3n) is 3.73. The summed E-state index contributed by atoms with van der Waals surface area (Å²) in [6.45, 7) is 4.07. The van der Waals surface area contributed by atoms with Crippen molar-refractivity contribution in [2.24, 2.45) is 0 Å². The van der Waals surface area contributed by atoms with Crippen molar-refractivity contribution in [3.8, 4) is 5.69 Å². The van der Waals surface area contributed by atoms with Gasteiger partial charge < -0.3 is 5.32 Å². The minimum atomic E-state index is -0.323. The summed E-state index contributed by atoms with van der Waals surface area (Å²) in [5, 5.41) is 14.4. The predicted octanol–water partition coefficient (Wildman–Crippen LogP) is 4.68. The van der Waals surface area contributed by atoms with Gasteiger partial charge in [-0.15, -0.1) is 21.5 Å². The first-order chi connectivity index (χ1) is 14.0. The molecular formula is C20H18ClFN4OS2. The van der Waals surface area contributed by atoms with Crippen LogP contribution in [-0.2, 0) is 11.2 Å². The van der Waals surface area contributed by atoms with E-state index in [9.17, 15) is 9.18 Å². The molecule has 1 aromatic carbocycles. The van der Waals surface area contributed by atoms with E-state index in [0.29, 0.717) is 34.7 Å². The summed E-state index contributed by atoms with van der Waals surface area (Å²) in [4.78, 5) is 13.0. The Kier molecular flexibility index (Phi) is 7.62. The first-order valence-electron chi connectivity index (χ1n) is 8.68. The van der Waals surface area contributed by atoms with E-state index in [2.05, 4.69) is 22.1 Å². The normalized spacial score (nSPS) is 11.1. The van der Waals surface area contributed by atoms with Crippen LogP contribution in [-0.4, -0.2) is 33.0 Å². The highest BCUT2D eigenvalue weighted by Gasteiger charge is 2.15. The van der Waals surface area contributed by atoms with Crippen molar-refractivity contribution in [2.45, 2.75) is 11.6 Å². The quantitative estimate of drug-likeness (QED) is 0.381. The predicted molar refractivity (Wildman–Crippen MR) is 117 cm³/mol. The lowest BCUT2D eigenvalue weighted by atomic mass is 10.3. The summed E-state index contributed by atoms with van der Waals surface area (Å²) in [6, 6.07) is 9.94. The topological polar surface area (TPSA) is 59.8 Å². The van der Waals surface area contributed by atoms with Crippen LogP contribution in [0, 0.1) is 5.82 Å². The Morgan fingerprint density at radius 3 is 2.79 bits per heavy atom. The van der Waals surface area contributed by atoms with Crippen LogP contribution in [0.25, 0.3) is 11.8 Å². The van der Waals surface area contributed by atoms with Gasteiger partial charge in [0.05, 0.1) is 0 Å². The Morgan fingerprint density at radius 1 is 1.31 bits per heavy atom. The van der Waals surface area contributed by atoms with Gasteiger partial charge in [-0.3, -0.25) is 9.36 Å². The number of nitrogens with one attached hydrogen (secondary N) is 1. The summed E-state index contributed by atoms with van der Waals surface area (Å²) in [5.74, 6) is 0.628. The molecular weight excluding hydrogens is 431 g/mol. The highest BCUT2D eigenvalue weighted by atomic mass is 35.5.